The zero-order chi connectivity index (χ0) is 20.5. The zero-order valence-corrected chi connectivity index (χ0v) is 15.7. The molecular weight excluding hydrogens is 364 g/mol. The summed E-state index contributed by atoms with van der Waals surface area (Å²) in [4.78, 5) is 34.3. The Hall–Kier alpha value is -3.55. The molecule has 8 nitrogen and oxygen atoms in total. The minimum Gasteiger partial charge on any atom is -0.493 e. The molecule has 0 aliphatic heterocycles. The number of ether oxygens (including phenoxy) is 2. The number of hydrogen-bond acceptors (Lipinski definition) is 5. The maximum absolute atomic E-state index is 12.2. The molecule has 3 N–H and O–H groups in total. The second-order valence-electron chi connectivity index (χ2n) is 5.96. The summed E-state index contributed by atoms with van der Waals surface area (Å²) in [6, 6.07) is 12.1. The van der Waals surface area contributed by atoms with Gasteiger partial charge >= 0.3 is 5.97 Å². The quantitative estimate of drug-likeness (QED) is 0.604. The zero-order valence-electron chi connectivity index (χ0n) is 15.7. The van der Waals surface area contributed by atoms with E-state index in [1.165, 1.54) is 7.11 Å². The first-order chi connectivity index (χ1) is 13.4. The summed E-state index contributed by atoms with van der Waals surface area (Å²) in [7, 11) is 3.08. The van der Waals surface area contributed by atoms with Gasteiger partial charge in [0.1, 0.15) is 6.54 Å². The van der Waals surface area contributed by atoms with Gasteiger partial charge < -0.3 is 25.2 Å². The van der Waals surface area contributed by atoms with Crippen molar-refractivity contribution in [1.29, 1.82) is 0 Å². The first-order valence-corrected chi connectivity index (χ1v) is 8.49. The van der Waals surface area contributed by atoms with Crippen molar-refractivity contribution in [3.8, 4) is 11.5 Å². The van der Waals surface area contributed by atoms with Crippen LogP contribution in [0.25, 0.3) is 0 Å². The first kappa shape index (κ1) is 20.8. The number of hydrogen-bond donors (Lipinski definition) is 3. The maximum atomic E-state index is 12.2. The number of methoxy groups -OCH3 is 2. The highest BCUT2D eigenvalue weighted by atomic mass is 16.5. The van der Waals surface area contributed by atoms with Crippen LogP contribution in [0.15, 0.2) is 42.5 Å². The Balaban J connectivity index is 1.90. The lowest BCUT2D eigenvalue weighted by molar-refractivity contribution is -0.137. The molecule has 148 valence electrons. The second kappa shape index (κ2) is 9.96. The summed E-state index contributed by atoms with van der Waals surface area (Å²) in [5.41, 5.74) is 2.09. The van der Waals surface area contributed by atoms with Crippen LogP contribution < -0.4 is 20.1 Å². The highest BCUT2D eigenvalue weighted by Crippen LogP contribution is 2.27. The summed E-state index contributed by atoms with van der Waals surface area (Å²) < 4.78 is 10.4. The van der Waals surface area contributed by atoms with Crippen molar-refractivity contribution in [2.75, 3.05) is 26.1 Å². The number of amides is 2. The molecular formula is C20H22N2O6. The van der Waals surface area contributed by atoms with E-state index in [2.05, 4.69) is 10.6 Å². The average molecular weight is 386 g/mol. The minimum absolute atomic E-state index is 0.0626. The molecule has 0 atom stereocenters. The van der Waals surface area contributed by atoms with Gasteiger partial charge in [-0.3, -0.25) is 14.4 Å². The highest BCUT2D eigenvalue weighted by molar-refractivity contribution is 5.92. The van der Waals surface area contributed by atoms with E-state index in [9.17, 15) is 14.4 Å². The normalized spacial score (nSPS) is 10.1. The van der Waals surface area contributed by atoms with Gasteiger partial charge in [-0.05, 0) is 35.4 Å². The van der Waals surface area contributed by atoms with Crippen molar-refractivity contribution >= 4 is 23.5 Å². The van der Waals surface area contributed by atoms with Crippen molar-refractivity contribution in [3.63, 3.8) is 0 Å². The molecule has 0 heterocycles. The van der Waals surface area contributed by atoms with E-state index in [1.807, 2.05) is 0 Å². The number of aliphatic carboxylic acids is 1. The van der Waals surface area contributed by atoms with Gasteiger partial charge in [-0.15, -0.1) is 0 Å². The third-order valence-corrected chi connectivity index (χ3v) is 3.85. The molecule has 0 fully saturated rings. The topological polar surface area (TPSA) is 114 Å². The van der Waals surface area contributed by atoms with Crippen LogP contribution in [-0.2, 0) is 27.2 Å². The average Bonchev–Trinajstić information content (AvgIpc) is 2.67. The predicted octanol–water partition coefficient (Wildman–Crippen LogP) is 1.63. The van der Waals surface area contributed by atoms with Gasteiger partial charge in [0.15, 0.2) is 11.5 Å². The summed E-state index contributed by atoms with van der Waals surface area (Å²) in [6.07, 6.45) is 0.229. The molecule has 2 rings (SSSR count). The molecule has 0 saturated carbocycles. The van der Waals surface area contributed by atoms with E-state index in [0.717, 1.165) is 5.56 Å². The standard InChI is InChI=1S/C20H22N2O6/c1-27-16-8-5-14(9-17(16)28-2)11-19(24)22-15-6-3-13(4-7-15)10-18(23)21-12-20(25)26/h3-9H,10-12H2,1-2H3,(H,21,23)(H,22,24)(H,25,26). The summed E-state index contributed by atoms with van der Waals surface area (Å²) >= 11 is 0. The van der Waals surface area contributed by atoms with Gasteiger partial charge in [0.2, 0.25) is 11.8 Å². The number of rotatable bonds is 9. The maximum Gasteiger partial charge on any atom is 0.322 e. The Morgan fingerprint density at radius 1 is 0.857 bits per heavy atom. The third-order valence-electron chi connectivity index (χ3n) is 3.85. The minimum atomic E-state index is -1.10. The van der Waals surface area contributed by atoms with Gasteiger partial charge in [0.05, 0.1) is 27.1 Å². The molecule has 8 heteroatoms. The van der Waals surface area contributed by atoms with Crippen LogP contribution in [0.4, 0.5) is 5.69 Å². The molecule has 2 aromatic rings. The number of carbonyl (C=O) groups is 3. The Morgan fingerprint density at radius 2 is 1.46 bits per heavy atom. The molecule has 0 radical (unpaired) electrons. The van der Waals surface area contributed by atoms with Crippen molar-refractivity contribution in [2.45, 2.75) is 12.8 Å². The number of benzene rings is 2. The summed E-state index contributed by atoms with van der Waals surface area (Å²) in [5.74, 6) is -0.527. The summed E-state index contributed by atoms with van der Waals surface area (Å²) in [5, 5.41) is 13.6. The van der Waals surface area contributed by atoms with Gasteiger partial charge in [0.25, 0.3) is 0 Å². The fraction of sp³-hybridized carbons (Fsp3) is 0.250. The van der Waals surface area contributed by atoms with Gasteiger partial charge in [-0.25, -0.2) is 0 Å². The Kier molecular flexibility index (Phi) is 7.38. The molecule has 2 aromatic carbocycles. The number of carboxylic acids is 1. The number of carboxylic acid groups (broad SMARTS) is 1. The Morgan fingerprint density at radius 3 is 2.07 bits per heavy atom. The van der Waals surface area contributed by atoms with Crippen molar-refractivity contribution in [3.05, 3.63) is 53.6 Å². The van der Waals surface area contributed by atoms with Crippen LogP contribution >= 0.6 is 0 Å². The summed E-state index contributed by atoms with van der Waals surface area (Å²) in [6.45, 7) is -0.414. The first-order valence-electron chi connectivity index (χ1n) is 8.49. The second-order valence-corrected chi connectivity index (χ2v) is 5.96. The lowest BCUT2D eigenvalue weighted by atomic mass is 10.1. The highest BCUT2D eigenvalue weighted by Gasteiger charge is 2.09. The van der Waals surface area contributed by atoms with E-state index < -0.39 is 12.5 Å². The largest absolute Gasteiger partial charge is 0.493 e. The fourth-order valence-electron chi connectivity index (χ4n) is 2.51. The molecule has 0 aliphatic carbocycles. The molecule has 0 spiro atoms. The molecule has 0 saturated heterocycles. The van der Waals surface area contributed by atoms with Gasteiger partial charge in [-0.2, -0.15) is 0 Å². The van der Waals surface area contributed by atoms with Gasteiger partial charge in [-0.1, -0.05) is 18.2 Å². The van der Waals surface area contributed by atoms with Gasteiger partial charge in [0, 0.05) is 5.69 Å². The smallest absolute Gasteiger partial charge is 0.322 e. The lowest BCUT2D eigenvalue weighted by Crippen LogP contribution is -2.30. The van der Waals surface area contributed by atoms with Crippen molar-refractivity contribution in [2.24, 2.45) is 0 Å². The van der Waals surface area contributed by atoms with Crippen LogP contribution in [0.1, 0.15) is 11.1 Å². The number of carbonyl (C=O) groups excluding carboxylic acids is 2. The SMILES string of the molecule is COc1ccc(CC(=O)Nc2ccc(CC(=O)NCC(=O)O)cc2)cc1OC. The molecule has 28 heavy (non-hydrogen) atoms. The van der Waals surface area contributed by atoms with E-state index in [-0.39, 0.29) is 24.7 Å². The van der Waals surface area contributed by atoms with E-state index in [0.29, 0.717) is 22.7 Å². The Labute approximate surface area is 162 Å². The number of nitrogens with one attached hydrogen (secondary N) is 2. The van der Waals surface area contributed by atoms with E-state index in [1.54, 1.807) is 49.6 Å². The Bertz CT molecular complexity index is 848. The van der Waals surface area contributed by atoms with Crippen LogP contribution in [0.2, 0.25) is 0 Å². The van der Waals surface area contributed by atoms with Crippen LogP contribution in [0.5, 0.6) is 11.5 Å². The van der Waals surface area contributed by atoms with E-state index >= 15 is 0 Å². The van der Waals surface area contributed by atoms with Crippen LogP contribution in [0.3, 0.4) is 0 Å². The monoisotopic (exact) mass is 386 g/mol. The van der Waals surface area contributed by atoms with Crippen LogP contribution in [-0.4, -0.2) is 43.7 Å². The molecule has 0 bridgehead atoms. The molecule has 2 amide bonds. The van der Waals surface area contributed by atoms with Crippen molar-refractivity contribution < 1.29 is 29.0 Å². The number of anilines is 1. The molecule has 0 unspecified atom stereocenters. The molecule has 0 aromatic heterocycles. The lowest BCUT2D eigenvalue weighted by Gasteiger charge is -2.10. The molecule has 0 aliphatic rings. The van der Waals surface area contributed by atoms with Crippen molar-refractivity contribution in [1.82, 2.24) is 5.32 Å². The third kappa shape index (κ3) is 6.31. The van der Waals surface area contributed by atoms with Crippen LogP contribution in [0, 0.1) is 0 Å². The fourth-order valence-corrected chi connectivity index (χ4v) is 2.51. The van der Waals surface area contributed by atoms with E-state index in [4.69, 9.17) is 14.6 Å². The predicted molar refractivity (Wildman–Crippen MR) is 103 cm³/mol.